The molecule has 0 saturated carbocycles. The number of nitrogen functional groups attached to an aromatic ring is 1. The van der Waals surface area contributed by atoms with Gasteiger partial charge in [0.05, 0.1) is 0 Å². The zero-order chi connectivity index (χ0) is 9.14. The smallest absolute Gasteiger partial charge is 0.282 e. The van der Waals surface area contributed by atoms with E-state index in [2.05, 4.69) is 15.5 Å². The Morgan fingerprint density at radius 2 is 2.25 bits per heavy atom. The van der Waals surface area contributed by atoms with Gasteiger partial charge in [0.2, 0.25) is 10.1 Å². The van der Waals surface area contributed by atoms with E-state index in [4.69, 9.17) is 5.73 Å². The summed E-state index contributed by atoms with van der Waals surface area (Å²) in [7, 11) is 0. The minimum Gasteiger partial charge on any atom is -0.374 e. The van der Waals surface area contributed by atoms with Crippen LogP contribution in [0.4, 0.5) is 5.13 Å². The van der Waals surface area contributed by atoms with Crippen LogP contribution < -0.4 is 11.1 Å². The van der Waals surface area contributed by atoms with E-state index >= 15 is 0 Å². The third kappa shape index (κ3) is 2.16. The third-order valence-corrected chi connectivity index (χ3v) is 1.81. The van der Waals surface area contributed by atoms with Crippen LogP contribution in [0.5, 0.6) is 0 Å². The monoisotopic (exact) mass is 186 g/mol. The topological polar surface area (TPSA) is 80.9 Å². The second kappa shape index (κ2) is 3.48. The van der Waals surface area contributed by atoms with Crippen LogP contribution in [-0.2, 0) is 0 Å². The summed E-state index contributed by atoms with van der Waals surface area (Å²) in [4.78, 5) is 11.2. The van der Waals surface area contributed by atoms with Gasteiger partial charge < -0.3 is 11.1 Å². The van der Waals surface area contributed by atoms with Crippen LogP contribution in [0.2, 0.25) is 0 Å². The first kappa shape index (κ1) is 8.92. The summed E-state index contributed by atoms with van der Waals surface area (Å²) in [5.74, 6) is -0.223. The lowest BCUT2D eigenvalue weighted by Gasteiger charge is -2.04. The van der Waals surface area contributed by atoms with Gasteiger partial charge in [-0.15, -0.1) is 10.2 Å². The molecule has 0 aromatic carbocycles. The minimum atomic E-state index is -0.223. The number of hydrogen-bond donors (Lipinski definition) is 2. The fraction of sp³-hybridized carbons (Fsp3) is 0.500. The Kier molecular flexibility index (Phi) is 2.59. The first-order chi connectivity index (χ1) is 5.59. The van der Waals surface area contributed by atoms with Gasteiger partial charge in [-0.1, -0.05) is 11.3 Å². The highest BCUT2D eigenvalue weighted by Crippen LogP contribution is 2.10. The van der Waals surface area contributed by atoms with Crippen molar-refractivity contribution < 1.29 is 4.79 Å². The number of nitrogens with two attached hydrogens (primary N) is 1. The zero-order valence-electron chi connectivity index (χ0n) is 6.87. The van der Waals surface area contributed by atoms with Crippen LogP contribution in [0, 0.1) is 0 Å². The molecule has 1 aromatic rings. The summed E-state index contributed by atoms with van der Waals surface area (Å²) in [6.07, 6.45) is 0. The van der Waals surface area contributed by atoms with Gasteiger partial charge in [0, 0.05) is 6.04 Å². The van der Waals surface area contributed by atoms with Crippen molar-refractivity contribution in [3.8, 4) is 0 Å². The molecule has 1 aromatic heterocycles. The Morgan fingerprint density at radius 1 is 1.58 bits per heavy atom. The number of carbonyl (C=O) groups is 1. The maximum Gasteiger partial charge on any atom is 0.282 e. The molecular formula is C6H10N4OS. The normalized spacial score (nSPS) is 10.2. The van der Waals surface area contributed by atoms with E-state index in [9.17, 15) is 4.79 Å². The molecule has 0 saturated heterocycles. The first-order valence-corrected chi connectivity index (χ1v) is 4.31. The van der Waals surface area contributed by atoms with Crippen molar-refractivity contribution in [2.75, 3.05) is 5.73 Å². The van der Waals surface area contributed by atoms with Crippen molar-refractivity contribution in [3.63, 3.8) is 0 Å². The standard InChI is InChI=1S/C6H10N4OS/c1-3(2)8-4(11)5-9-10-6(7)12-5/h3H,1-2H3,(H2,7,10)(H,8,11). The van der Waals surface area contributed by atoms with Crippen LogP contribution in [-0.4, -0.2) is 22.1 Å². The molecule has 1 rings (SSSR count). The minimum absolute atomic E-state index is 0.0997. The second-order valence-corrected chi connectivity index (χ2v) is 3.58. The van der Waals surface area contributed by atoms with Gasteiger partial charge in [-0.05, 0) is 13.8 Å². The Balaban J connectivity index is 2.65. The van der Waals surface area contributed by atoms with E-state index in [1.807, 2.05) is 13.8 Å². The highest BCUT2D eigenvalue weighted by Gasteiger charge is 2.11. The number of amides is 1. The number of rotatable bonds is 2. The summed E-state index contributed by atoms with van der Waals surface area (Å²) in [6.45, 7) is 3.75. The molecular weight excluding hydrogens is 176 g/mol. The molecule has 0 aliphatic carbocycles. The Morgan fingerprint density at radius 3 is 2.67 bits per heavy atom. The van der Waals surface area contributed by atoms with Crippen LogP contribution in [0.25, 0.3) is 0 Å². The lowest BCUT2D eigenvalue weighted by Crippen LogP contribution is -2.29. The summed E-state index contributed by atoms with van der Waals surface area (Å²) in [5, 5.41) is 10.4. The number of aromatic nitrogens is 2. The van der Waals surface area contributed by atoms with Gasteiger partial charge in [-0.3, -0.25) is 4.79 Å². The predicted molar refractivity (Wildman–Crippen MR) is 46.9 cm³/mol. The highest BCUT2D eigenvalue weighted by molar-refractivity contribution is 7.16. The average Bonchev–Trinajstić information content (AvgIpc) is 2.34. The summed E-state index contributed by atoms with van der Waals surface area (Å²) < 4.78 is 0. The lowest BCUT2D eigenvalue weighted by atomic mass is 10.4. The Bertz CT molecular complexity index is 283. The van der Waals surface area contributed by atoms with E-state index in [1.54, 1.807) is 0 Å². The van der Waals surface area contributed by atoms with Crippen molar-refractivity contribution in [2.45, 2.75) is 19.9 Å². The molecule has 0 bridgehead atoms. The maximum absolute atomic E-state index is 11.2. The molecule has 1 heterocycles. The zero-order valence-corrected chi connectivity index (χ0v) is 7.68. The number of nitrogens with one attached hydrogen (secondary N) is 1. The van der Waals surface area contributed by atoms with E-state index in [1.165, 1.54) is 0 Å². The highest BCUT2D eigenvalue weighted by atomic mass is 32.1. The van der Waals surface area contributed by atoms with Crippen LogP contribution in [0.1, 0.15) is 23.6 Å². The molecule has 0 unspecified atom stereocenters. The molecule has 3 N–H and O–H groups in total. The second-order valence-electron chi connectivity index (χ2n) is 2.57. The summed E-state index contributed by atoms with van der Waals surface area (Å²) in [5.41, 5.74) is 5.31. The van der Waals surface area contributed by atoms with E-state index < -0.39 is 0 Å². The molecule has 0 radical (unpaired) electrons. The third-order valence-electron chi connectivity index (χ3n) is 1.05. The van der Waals surface area contributed by atoms with E-state index in [0.717, 1.165) is 11.3 Å². The van der Waals surface area contributed by atoms with Crippen LogP contribution >= 0.6 is 11.3 Å². The lowest BCUT2D eigenvalue weighted by molar-refractivity contribution is 0.0942. The number of carbonyl (C=O) groups excluding carboxylic acids is 1. The van der Waals surface area contributed by atoms with Crippen molar-refractivity contribution in [2.24, 2.45) is 0 Å². The van der Waals surface area contributed by atoms with Crippen LogP contribution in [0.3, 0.4) is 0 Å². The number of anilines is 1. The Labute approximate surface area is 74.0 Å². The molecule has 0 aliphatic heterocycles. The van der Waals surface area contributed by atoms with Crippen molar-refractivity contribution in [1.29, 1.82) is 0 Å². The average molecular weight is 186 g/mol. The fourth-order valence-corrected chi connectivity index (χ4v) is 1.16. The van der Waals surface area contributed by atoms with E-state index in [-0.39, 0.29) is 11.9 Å². The van der Waals surface area contributed by atoms with Crippen LogP contribution in [0.15, 0.2) is 0 Å². The Hall–Kier alpha value is -1.17. The van der Waals surface area contributed by atoms with Gasteiger partial charge in [0.25, 0.3) is 5.91 Å². The van der Waals surface area contributed by atoms with Crippen molar-refractivity contribution in [3.05, 3.63) is 5.01 Å². The summed E-state index contributed by atoms with van der Waals surface area (Å²) >= 11 is 1.08. The molecule has 6 heteroatoms. The molecule has 0 spiro atoms. The van der Waals surface area contributed by atoms with Gasteiger partial charge in [-0.2, -0.15) is 0 Å². The molecule has 5 nitrogen and oxygen atoms in total. The SMILES string of the molecule is CC(C)NC(=O)c1nnc(N)s1. The molecule has 66 valence electrons. The molecule has 0 aliphatic rings. The van der Waals surface area contributed by atoms with Crippen molar-refractivity contribution >= 4 is 22.4 Å². The maximum atomic E-state index is 11.2. The molecule has 0 atom stereocenters. The van der Waals surface area contributed by atoms with Gasteiger partial charge in [0.1, 0.15) is 0 Å². The predicted octanol–water partition coefficient (Wildman–Crippen LogP) is 0.259. The fourth-order valence-electron chi connectivity index (χ4n) is 0.650. The molecule has 0 fully saturated rings. The summed E-state index contributed by atoms with van der Waals surface area (Å²) in [6, 6.07) is 0.0997. The van der Waals surface area contributed by atoms with Crippen molar-refractivity contribution in [1.82, 2.24) is 15.5 Å². The first-order valence-electron chi connectivity index (χ1n) is 3.49. The number of nitrogens with zero attached hydrogens (tertiary/aromatic N) is 2. The largest absolute Gasteiger partial charge is 0.374 e. The number of hydrogen-bond acceptors (Lipinski definition) is 5. The van der Waals surface area contributed by atoms with Gasteiger partial charge in [0.15, 0.2) is 0 Å². The van der Waals surface area contributed by atoms with Gasteiger partial charge in [-0.25, -0.2) is 0 Å². The van der Waals surface area contributed by atoms with E-state index in [0.29, 0.717) is 10.1 Å². The van der Waals surface area contributed by atoms with Gasteiger partial charge >= 0.3 is 0 Å². The molecule has 1 amide bonds. The quantitative estimate of drug-likeness (QED) is 0.694. The molecule has 12 heavy (non-hydrogen) atoms.